The molecule has 21 heavy (non-hydrogen) atoms. The van der Waals surface area contributed by atoms with Crippen molar-refractivity contribution >= 4 is 5.91 Å². The summed E-state index contributed by atoms with van der Waals surface area (Å²) < 4.78 is 5.17. The van der Waals surface area contributed by atoms with Crippen LogP contribution < -0.4 is 5.32 Å². The lowest BCUT2D eigenvalue weighted by atomic mass is 9.98. The number of amides is 1. The molecule has 0 aliphatic carbocycles. The summed E-state index contributed by atoms with van der Waals surface area (Å²) in [5, 5.41) is 3.04. The molecule has 1 N–H and O–H groups in total. The van der Waals surface area contributed by atoms with Crippen LogP contribution in [0.3, 0.4) is 0 Å². The molecule has 1 atom stereocenters. The lowest BCUT2D eigenvalue weighted by Gasteiger charge is -2.20. The Morgan fingerprint density at radius 1 is 1.05 bits per heavy atom. The standard InChI is InChI=1S/C18H21NO2/c1-3-21-13-17(20)19-18(15-7-5-4-6-8-15)16-11-9-14(2)10-12-16/h4-12,18H,3,13H2,1-2H3,(H,19,20). The molecule has 0 fully saturated rings. The van der Waals surface area contributed by atoms with Gasteiger partial charge >= 0.3 is 0 Å². The number of hydrogen-bond acceptors (Lipinski definition) is 2. The Balaban J connectivity index is 2.22. The first-order valence-corrected chi connectivity index (χ1v) is 7.19. The maximum atomic E-state index is 12.0. The van der Waals surface area contributed by atoms with Gasteiger partial charge in [0.15, 0.2) is 0 Å². The normalized spacial score (nSPS) is 11.9. The van der Waals surface area contributed by atoms with E-state index in [-0.39, 0.29) is 18.6 Å². The van der Waals surface area contributed by atoms with E-state index >= 15 is 0 Å². The van der Waals surface area contributed by atoms with E-state index in [1.165, 1.54) is 5.56 Å². The number of ether oxygens (including phenoxy) is 1. The molecule has 0 aromatic heterocycles. The van der Waals surface area contributed by atoms with Crippen molar-refractivity contribution in [3.05, 3.63) is 71.3 Å². The van der Waals surface area contributed by atoms with E-state index in [0.717, 1.165) is 11.1 Å². The lowest BCUT2D eigenvalue weighted by Crippen LogP contribution is -2.32. The number of benzene rings is 2. The molecule has 110 valence electrons. The first-order valence-electron chi connectivity index (χ1n) is 7.19. The summed E-state index contributed by atoms with van der Waals surface area (Å²) in [7, 11) is 0. The highest BCUT2D eigenvalue weighted by atomic mass is 16.5. The third-order valence-corrected chi connectivity index (χ3v) is 3.29. The number of carbonyl (C=O) groups is 1. The lowest BCUT2D eigenvalue weighted by molar-refractivity contribution is -0.126. The molecule has 1 unspecified atom stereocenters. The van der Waals surface area contributed by atoms with Gasteiger partial charge in [-0.25, -0.2) is 0 Å². The molecule has 0 spiro atoms. The topological polar surface area (TPSA) is 38.3 Å². The second kappa shape index (κ2) is 7.60. The van der Waals surface area contributed by atoms with Crippen LogP contribution in [0.5, 0.6) is 0 Å². The van der Waals surface area contributed by atoms with Gasteiger partial charge in [0.1, 0.15) is 6.61 Å². The highest BCUT2D eigenvalue weighted by molar-refractivity contribution is 5.78. The summed E-state index contributed by atoms with van der Waals surface area (Å²) in [6, 6.07) is 18.0. The summed E-state index contributed by atoms with van der Waals surface area (Å²) in [5.41, 5.74) is 3.33. The minimum absolute atomic E-state index is 0.0890. The van der Waals surface area contributed by atoms with Gasteiger partial charge in [0.05, 0.1) is 6.04 Å². The summed E-state index contributed by atoms with van der Waals surface area (Å²) in [6.07, 6.45) is 0. The molecular formula is C18H21NO2. The minimum atomic E-state index is -0.153. The largest absolute Gasteiger partial charge is 0.372 e. The van der Waals surface area contributed by atoms with Gasteiger partial charge in [-0.05, 0) is 25.0 Å². The van der Waals surface area contributed by atoms with Crippen LogP contribution in [-0.2, 0) is 9.53 Å². The van der Waals surface area contributed by atoms with Crippen LogP contribution in [0.15, 0.2) is 54.6 Å². The Hall–Kier alpha value is -2.13. The van der Waals surface area contributed by atoms with Crippen LogP contribution in [0.1, 0.15) is 29.7 Å². The zero-order chi connectivity index (χ0) is 15.1. The second-order valence-corrected chi connectivity index (χ2v) is 4.96. The van der Waals surface area contributed by atoms with Gasteiger partial charge in [-0.3, -0.25) is 4.79 Å². The summed E-state index contributed by atoms with van der Waals surface area (Å²) in [5.74, 6) is -0.105. The molecule has 0 aliphatic rings. The van der Waals surface area contributed by atoms with E-state index in [2.05, 4.69) is 24.4 Å². The Bertz CT molecular complexity index is 564. The molecule has 2 aromatic rings. The van der Waals surface area contributed by atoms with Gasteiger partial charge in [0.25, 0.3) is 0 Å². The Labute approximate surface area is 126 Å². The van der Waals surface area contributed by atoms with Crippen LogP contribution in [0.25, 0.3) is 0 Å². The van der Waals surface area contributed by atoms with Crippen LogP contribution in [0.4, 0.5) is 0 Å². The van der Waals surface area contributed by atoms with Crippen molar-refractivity contribution in [2.24, 2.45) is 0 Å². The molecule has 0 heterocycles. The summed E-state index contributed by atoms with van der Waals surface area (Å²) in [6.45, 7) is 4.55. The number of aryl methyl sites for hydroxylation is 1. The fourth-order valence-electron chi connectivity index (χ4n) is 2.16. The first-order chi connectivity index (χ1) is 10.2. The van der Waals surface area contributed by atoms with Crippen molar-refractivity contribution in [1.29, 1.82) is 0 Å². The third-order valence-electron chi connectivity index (χ3n) is 3.29. The van der Waals surface area contributed by atoms with Gasteiger partial charge in [0.2, 0.25) is 5.91 Å². The molecular weight excluding hydrogens is 262 g/mol. The Morgan fingerprint density at radius 2 is 1.67 bits per heavy atom. The van der Waals surface area contributed by atoms with E-state index in [4.69, 9.17) is 4.74 Å². The average molecular weight is 283 g/mol. The highest BCUT2D eigenvalue weighted by Crippen LogP contribution is 2.22. The van der Waals surface area contributed by atoms with Crippen molar-refractivity contribution in [1.82, 2.24) is 5.32 Å². The summed E-state index contributed by atoms with van der Waals surface area (Å²) >= 11 is 0. The van der Waals surface area contributed by atoms with Gasteiger partial charge in [-0.15, -0.1) is 0 Å². The van der Waals surface area contributed by atoms with Gasteiger partial charge < -0.3 is 10.1 Å². The molecule has 0 saturated heterocycles. The third kappa shape index (κ3) is 4.43. The Kier molecular flexibility index (Phi) is 5.52. The zero-order valence-corrected chi connectivity index (χ0v) is 12.5. The molecule has 2 rings (SSSR count). The fraction of sp³-hybridized carbons (Fsp3) is 0.278. The summed E-state index contributed by atoms with van der Waals surface area (Å²) in [4.78, 5) is 12.0. The molecule has 3 nitrogen and oxygen atoms in total. The monoisotopic (exact) mass is 283 g/mol. The number of nitrogens with one attached hydrogen (secondary N) is 1. The Morgan fingerprint density at radius 3 is 2.29 bits per heavy atom. The van der Waals surface area contributed by atoms with E-state index in [1.54, 1.807) is 0 Å². The number of rotatable bonds is 6. The van der Waals surface area contributed by atoms with E-state index in [0.29, 0.717) is 6.61 Å². The average Bonchev–Trinajstić information content (AvgIpc) is 2.52. The molecule has 0 saturated carbocycles. The predicted octanol–water partition coefficient (Wildman–Crippen LogP) is 3.24. The molecule has 1 amide bonds. The second-order valence-electron chi connectivity index (χ2n) is 4.96. The van der Waals surface area contributed by atoms with Crippen molar-refractivity contribution < 1.29 is 9.53 Å². The van der Waals surface area contributed by atoms with Gasteiger partial charge in [-0.1, -0.05) is 60.2 Å². The van der Waals surface area contributed by atoms with Gasteiger partial charge in [-0.2, -0.15) is 0 Å². The molecule has 3 heteroatoms. The number of carbonyl (C=O) groups excluding carboxylic acids is 1. The highest BCUT2D eigenvalue weighted by Gasteiger charge is 2.16. The molecule has 0 radical (unpaired) electrons. The number of hydrogen-bond donors (Lipinski definition) is 1. The van der Waals surface area contributed by atoms with Crippen LogP contribution >= 0.6 is 0 Å². The fourth-order valence-corrected chi connectivity index (χ4v) is 2.16. The van der Waals surface area contributed by atoms with E-state index in [9.17, 15) is 4.79 Å². The SMILES string of the molecule is CCOCC(=O)NC(c1ccccc1)c1ccc(C)cc1. The predicted molar refractivity (Wildman–Crippen MR) is 84.1 cm³/mol. The van der Waals surface area contributed by atoms with Crippen molar-refractivity contribution in [2.75, 3.05) is 13.2 Å². The van der Waals surface area contributed by atoms with Crippen molar-refractivity contribution in [3.63, 3.8) is 0 Å². The van der Waals surface area contributed by atoms with Crippen molar-refractivity contribution in [3.8, 4) is 0 Å². The minimum Gasteiger partial charge on any atom is -0.372 e. The van der Waals surface area contributed by atoms with Crippen molar-refractivity contribution in [2.45, 2.75) is 19.9 Å². The van der Waals surface area contributed by atoms with Crippen LogP contribution in [0, 0.1) is 6.92 Å². The smallest absolute Gasteiger partial charge is 0.246 e. The van der Waals surface area contributed by atoms with Crippen LogP contribution in [-0.4, -0.2) is 19.1 Å². The van der Waals surface area contributed by atoms with Crippen LogP contribution in [0.2, 0.25) is 0 Å². The zero-order valence-electron chi connectivity index (χ0n) is 12.5. The maximum absolute atomic E-state index is 12.0. The van der Waals surface area contributed by atoms with E-state index < -0.39 is 0 Å². The molecule has 2 aromatic carbocycles. The molecule has 0 bridgehead atoms. The van der Waals surface area contributed by atoms with E-state index in [1.807, 2.05) is 49.4 Å². The maximum Gasteiger partial charge on any atom is 0.246 e. The first kappa shape index (κ1) is 15.3. The quantitative estimate of drug-likeness (QED) is 0.884. The molecule has 0 aliphatic heterocycles. The van der Waals surface area contributed by atoms with Gasteiger partial charge in [0, 0.05) is 6.61 Å².